The van der Waals surface area contributed by atoms with Crippen molar-refractivity contribution >= 4 is 16.3 Å². The van der Waals surface area contributed by atoms with Gasteiger partial charge in [-0.25, -0.2) is 9.37 Å². The van der Waals surface area contributed by atoms with Crippen LogP contribution in [0.3, 0.4) is 0 Å². The summed E-state index contributed by atoms with van der Waals surface area (Å²) in [5, 5.41) is 14.7. The molecular weight excluding hydrogens is 343 g/mol. The molecule has 1 N–H and O–H groups in total. The second-order valence-corrected chi connectivity index (χ2v) is 7.42. The Morgan fingerprint density at radius 1 is 1.32 bits per heavy atom. The van der Waals surface area contributed by atoms with Crippen LogP contribution in [0.2, 0.25) is 0 Å². The second-order valence-electron chi connectivity index (χ2n) is 6.41. The Bertz CT molecular complexity index is 886. The number of ether oxygens (including phenoxy) is 1. The molecule has 1 fully saturated rings. The lowest BCUT2D eigenvalue weighted by molar-refractivity contribution is -0.0764. The van der Waals surface area contributed by atoms with Crippen LogP contribution >= 0.6 is 11.3 Å². The minimum Gasteiger partial charge on any atom is -0.492 e. The summed E-state index contributed by atoms with van der Waals surface area (Å²) in [6, 6.07) is 6.24. The topological polar surface area (TPSA) is 62.9 Å². The molecule has 6 nitrogen and oxygen atoms in total. The smallest absolute Gasteiger partial charge is 0.230 e. The summed E-state index contributed by atoms with van der Waals surface area (Å²) in [7, 11) is 0. The molecule has 1 aliphatic heterocycles. The standard InChI is InChI=1S/C17H19FN4O2S/c1-10-7-21(8-11(2)24-10)14(12-4-3-5-13(18)6-12)15-16(23)22-17(25-15)19-9-20-22/h3-6,9-11,14,23H,7-8H2,1-2H3/t10-,11+,14-/m0/s1. The molecule has 0 aliphatic carbocycles. The molecule has 3 heterocycles. The highest BCUT2D eigenvalue weighted by Crippen LogP contribution is 2.40. The van der Waals surface area contributed by atoms with Crippen LogP contribution in [0.15, 0.2) is 30.6 Å². The number of hydrogen-bond donors (Lipinski definition) is 1. The third kappa shape index (κ3) is 3.01. The first-order valence-electron chi connectivity index (χ1n) is 8.19. The molecule has 1 aliphatic rings. The molecule has 132 valence electrons. The van der Waals surface area contributed by atoms with E-state index in [2.05, 4.69) is 15.0 Å². The molecule has 4 rings (SSSR count). The zero-order valence-corrected chi connectivity index (χ0v) is 14.8. The van der Waals surface area contributed by atoms with Crippen LogP contribution in [0.4, 0.5) is 4.39 Å². The summed E-state index contributed by atoms with van der Waals surface area (Å²) in [5.41, 5.74) is 0.793. The highest BCUT2D eigenvalue weighted by molar-refractivity contribution is 7.17. The van der Waals surface area contributed by atoms with Crippen LogP contribution in [0.1, 0.15) is 30.3 Å². The van der Waals surface area contributed by atoms with Gasteiger partial charge in [0.15, 0.2) is 0 Å². The summed E-state index contributed by atoms with van der Waals surface area (Å²) in [6.07, 6.45) is 1.53. The molecule has 0 spiro atoms. The molecular formula is C17H19FN4O2S. The highest BCUT2D eigenvalue weighted by Gasteiger charge is 2.34. The molecule has 3 aromatic rings. The highest BCUT2D eigenvalue weighted by atomic mass is 32.1. The largest absolute Gasteiger partial charge is 0.492 e. The van der Waals surface area contributed by atoms with Gasteiger partial charge in [-0.3, -0.25) is 4.90 Å². The summed E-state index contributed by atoms with van der Waals surface area (Å²) in [4.78, 5) is 7.71. The lowest BCUT2D eigenvalue weighted by Crippen LogP contribution is -2.47. The van der Waals surface area contributed by atoms with Gasteiger partial charge in [0.2, 0.25) is 10.8 Å². The zero-order valence-electron chi connectivity index (χ0n) is 14.0. The molecule has 0 unspecified atom stereocenters. The average Bonchev–Trinajstić information content (AvgIpc) is 3.11. The Labute approximate surface area is 148 Å². The third-order valence-electron chi connectivity index (χ3n) is 4.36. The van der Waals surface area contributed by atoms with Gasteiger partial charge in [0, 0.05) is 13.1 Å². The van der Waals surface area contributed by atoms with Crippen molar-refractivity contribution in [2.45, 2.75) is 32.1 Å². The lowest BCUT2D eigenvalue weighted by atomic mass is 10.0. The van der Waals surface area contributed by atoms with E-state index in [1.54, 1.807) is 6.07 Å². The maximum atomic E-state index is 13.9. The van der Waals surface area contributed by atoms with Gasteiger partial charge < -0.3 is 9.84 Å². The van der Waals surface area contributed by atoms with Crippen molar-refractivity contribution in [2.75, 3.05) is 13.1 Å². The van der Waals surface area contributed by atoms with Gasteiger partial charge in [0.1, 0.15) is 12.1 Å². The van der Waals surface area contributed by atoms with Gasteiger partial charge in [0.25, 0.3) is 0 Å². The van der Waals surface area contributed by atoms with Crippen molar-refractivity contribution in [1.82, 2.24) is 19.5 Å². The van der Waals surface area contributed by atoms with Crippen molar-refractivity contribution in [3.05, 3.63) is 46.9 Å². The summed E-state index contributed by atoms with van der Waals surface area (Å²) < 4.78 is 21.1. The third-order valence-corrected chi connectivity index (χ3v) is 5.45. The number of morpholine rings is 1. The fraction of sp³-hybridized carbons (Fsp3) is 0.412. The predicted molar refractivity (Wildman–Crippen MR) is 92.4 cm³/mol. The lowest BCUT2D eigenvalue weighted by Gasteiger charge is -2.40. The van der Waals surface area contributed by atoms with E-state index in [9.17, 15) is 9.50 Å². The van der Waals surface area contributed by atoms with E-state index in [1.807, 2.05) is 19.9 Å². The quantitative estimate of drug-likeness (QED) is 0.776. The fourth-order valence-corrected chi connectivity index (χ4v) is 4.60. The molecule has 1 aromatic carbocycles. The molecule has 25 heavy (non-hydrogen) atoms. The van der Waals surface area contributed by atoms with Crippen LogP contribution in [-0.4, -0.2) is 49.9 Å². The SMILES string of the molecule is C[C@@H]1CN([C@@H](c2cccc(F)c2)c2sc3ncnn3c2O)C[C@H](C)O1. The van der Waals surface area contributed by atoms with E-state index in [-0.39, 0.29) is 29.9 Å². The summed E-state index contributed by atoms with van der Waals surface area (Å²) in [6.45, 7) is 5.43. The number of nitrogens with zero attached hydrogens (tertiary/aromatic N) is 4. The van der Waals surface area contributed by atoms with E-state index < -0.39 is 0 Å². The minimum atomic E-state index is -0.296. The van der Waals surface area contributed by atoms with Crippen molar-refractivity contribution in [1.29, 1.82) is 0 Å². The first kappa shape index (κ1) is 16.4. The molecule has 0 radical (unpaired) electrons. The van der Waals surface area contributed by atoms with E-state index in [4.69, 9.17) is 4.74 Å². The number of fused-ring (bicyclic) bond motifs is 1. The molecule has 8 heteroatoms. The number of benzene rings is 1. The van der Waals surface area contributed by atoms with E-state index in [0.29, 0.717) is 22.9 Å². The molecule has 0 bridgehead atoms. The average molecular weight is 362 g/mol. The zero-order chi connectivity index (χ0) is 17.6. The van der Waals surface area contributed by atoms with E-state index in [1.165, 1.54) is 34.3 Å². The normalized spacial score (nSPS) is 23.2. The van der Waals surface area contributed by atoms with Crippen LogP contribution in [0.25, 0.3) is 4.96 Å². The van der Waals surface area contributed by atoms with E-state index in [0.717, 1.165) is 5.56 Å². The van der Waals surface area contributed by atoms with Gasteiger partial charge >= 0.3 is 0 Å². The van der Waals surface area contributed by atoms with Crippen molar-refractivity contribution in [3.63, 3.8) is 0 Å². The number of halogens is 1. The van der Waals surface area contributed by atoms with Crippen molar-refractivity contribution < 1.29 is 14.2 Å². The van der Waals surface area contributed by atoms with Gasteiger partial charge in [-0.05, 0) is 31.5 Å². The van der Waals surface area contributed by atoms with Crippen LogP contribution in [0, 0.1) is 5.82 Å². The Morgan fingerprint density at radius 2 is 2.08 bits per heavy atom. The minimum absolute atomic E-state index is 0.0542. The predicted octanol–water partition coefficient (Wildman–Crippen LogP) is 2.83. The number of hydrogen-bond acceptors (Lipinski definition) is 6. The molecule has 0 saturated carbocycles. The van der Waals surface area contributed by atoms with Gasteiger partial charge in [-0.15, -0.1) is 0 Å². The monoisotopic (exact) mass is 362 g/mol. The maximum Gasteiger partial charge on any atom is 0.230 e. The van der Waals surface area contributed by atoms with Crippen molar-refractivity contribution in [3.8, 4) is 5.88 Å². The Hall–Kier alpha value is -2.03. The van der Waals surface area contributed by atoms with E-state index >= 15 is 0 Å². The number of aromatic hydroxyl groups is 1. The molecule has 1 saturated heterocycles. The van der Waals surface area contributed by atoms with Crippen molar-refractivity contribution in [2.24, 2.45) is 0 Å². The Kier molecular flexibility index (Phi) is 4.18. The van der Waals surface area contributed by atoms with Crippen LogP contribution < -0.4 is 0 Å². The van der Waals surface area contributed by atoms with Gasteiger partial charge in [-0.1, -0.05) is 23.5 Å². The Morgan fingerprint density at radius 3 is 2.76 bits per heavy atom. The summed E-state index contributed by atoms with van der Waals surface area (Å²) >= 11 is 1.37. The van der Waals surface area contributed by atoms with Crippen LogP contribution in [0.5, 0.6) is 5.88 Å². The number of aromatic nitrogens is 3. The number of rotatable bonds is 3. The van der Waals surface area contributed by atoms with Crippen LogP contribution in [-0.2, 0) is 4.74 Å². The Balaban J connectivity index is 1.83. The molecule has 2 aromatic heterocycles. The molecule has 0 amide bonds. The second kappa shape index (κ2) is 6.36. The molecule has 3 atom stereocenters. The number of thiazole rings is 1. The maximum absolute atomic E-state index is 13.9. The van der Waals surface area contributed by atoms with Gasteiger partial charge in [0.05, 0.1) is 23.1 Å². The first-order chi connectivity index (χ1) is 12.0. The first-order valence-corrected chi connectivity index (χ1v) is 9.01. The fourth-order valence-electron chi connectivity index (χ4n) is 3.51. The summed E-state index contributed by atoms with van der Waals surface area (Å²) in [5.74, 6) is -0.241. The van der Waals surface area contributed by atoms with Gasteiger partial charge in [-0.2, -0.15) is 9.61 Å².